The fourth-order valence-electron chi connectivity index (χ4n) is 2.21. The van der Waals surface area contributed by atoms with E-state index in [0.29, 0.717) is 11.0 Å². The van der Waals surface area contributed by atoms with Crippen LogP contribution in [0, 0.1) is 16.0 Å². The van der Waals surface area contributed by atoms with E-state index in [0.717, 1.165) is 18.0 Å². The molecule has 0 unspecified atom stereocenters. The maximum Gasteiger partial charge on any atom is 0.283 e. The lowest BCUT2D eigenvalue weighted by atomic mass is 10.0. The number of halogens is 1. The predicted molar refractivity (Wildman–Crippen MR) is 82.6 cm³/mol. The minimum atomic E-state index is -0.355. The van der Waals surface area contributed by atoms with Crippen molar-refractivity contribution in [2.24, 2.45) is 5.92 Å². The van der Waals surface area contributed by atoms with Crippen LogP contribution < -0.4 is 5.32 Å². The first-order chi connectivity index (χ1) is 9.18. The van der Waals surface area contributed by atoms with Gasteiger partial charge < -0.3 is 5.32 Å². The van der Waals surface area contributed by atoms with Gasteiger partial charge in [-0.05, 0) is 58.3 Å². The van der Waals surface area contributed by atoms with Gasteiger partial charge in [-0.1, -0.05) is 12.1 Å². The van der Waals surface area contributed by atoms with Crippen LogP contribution in [0.3, 0.4) is 0 Å². The summed E-state index contributed by atoms with van der Waals surface area (Å²) in [6, 6.07) is 5.17. The number of nitrogens with zero attached hydrogens (tertiary/aromatic N) is 1. The molecular formula is C13H17BrN2O2S. The highest BCUT2D eigenvalue weighted by Crippen LogP contribution is 2.28. The molecule has 0 spiro atoms. The molecule has 2 rings (SSSR count). The van der Waals surface area contributed by atoms with Crippen LogP contribution >= 0.6 is 27.7 Å². The Bertz CT molecular complexity index is 450. The molecule has 1 aromatic carbocycles. The minimum Gasteiger partial charge on any atom is -0.312 e. The lowest BCUT2D eigenvalue weighted by Crippen LogP contribution is -2.25. The van der Waals surface area contributed by atoms with Crippen LogP contribution in [-0.2, 0) is 6.54 Å². The molecule has 0 bridgehead atoms. The average molecular weight is 345 g/mol. The summed E-state index contributed by atoms with van der Waals surface area (Å²) in [5, 5.41) is 14.3. The van der Waals surface area contributed by atoms with Crippen molar-refractivity contribution in [3.8, 4) is 0 Å². The van der Waals surface area contributed by atoms with Crippen LogP contribution in [-0.4, -0.2) is 23.0 Å². The maximum absolute atomic E-state index is 10.8. The monoisotopic (exact) mass is 344 g/mol. The third kappa shape index (κ3) is 4.19. The van der Waals surface area contributed by atoms with Crippen molar-refractivity contribution in [3.63, 3.8) is 0 Å². The quantitative estimate of drug-likeness (QED) is 0.655. The van der Waals surface area contributed by atoms with E-state index in [1.165, 1.54) is 30.4 Å². The topological polar surface area (TPSA) is 55.2 Å². The molecule has 4 nitrogen and oxygen atoms in total. The third-order valence-corrected chi connectivity index (χ3v) is 5.31. The summed E-state index contributed by atoms with van der Waals surface area (Å²) in [6.45, 7) is 1.67. The second kappa shape index (κ2) is 7.26. The van der Waals surface area contributed by atoms with Gasteiger partial charge >= 0.3 is 0 Å². The van der Waals surface area contributed by atoms with Crippen LogP contribution in [0.4, 0.5) is 5.69 Å². The van der Waals surface area contributed by atoms with E-state index in [9.17, 15) is 10.1 Å². The van der Waals surface area contributed by atoms with Crippen molar-refractivity contribution in [2.45, 2.75) is 19.4 Å². The maximum atomic E-state index is 10.8. The summed E-state index contributed by atoms with van der Waals surface area (Å²) in [4.78, 5) is 10.5. The largest absolute Gasteiger partial charge is 0.312 e. The van der Waals surface area contributed by atoms with Crippen molar-refractivity contribution in [3.05, 3.63) is 38.3 Å². The molecule has 1 saturated heterocycles. The van der Waals surface area contributed by atoms with Gasteiger partial charge in [0.2, 0.25) is 0 Å². The van der Waals surface area contributed by atoms with Gasteiger partial charge in [-0.15, -0.1) is 0 Å². The second-order valence-corrected chi connectivity index (χ2v) is 6.71. The van der Waals surface area contributed by atoms with Crippen molar-refractivity contribution in [1.82, 2.24) is 5.32 Å². The molecule has 0 aromatic heterocycles. The van der Waals surface area contributed by atoms with E-state index in [4.69, 9.17) is 0 Å². The van der Waals surface area contributed by atoms with Gasteiger partial charge in [0, 0.05) is 12.6 Å². The molecule has 1 aliphatic heterocycles. The number of hydrogen-bond donors (Lipinski definition) is 1. The highest BCUT2D eigenvalue weighted by molar-refractivity contribution is 9.10. The number of nitrogens with one attached hydrogen (secondary N) is 1. The summed E-state index contributed by atoms with van der Waals surface area (Å²) >= 11 is 5.35. The zero-order valence-corrected chi connectivity index (χ0v) is 13.0. The van der Waals surface area contributed by atoms with Gasteiger partial charge in [-0.25, -0.2) is 0 Å². The summed E-state index contributed by atoms with van der Waals surface area (Å²) in [5.74, 6) is 3.26. The van der Waals surface area contributed by atoms with Crippen molar-refractivity contribution < 1.29 is 4.92 Å². The summed E-state index contributed by atoms with van der Waals surface area (Å²) in [7, 11) is 0. The predicted octanol–water partition coefficient (Wildman–Crippen LogP) is 3.59. The van der Waals surface area contributed by atoms with Gasteiger partial charge in [0.05, 0.1) is 9.40 Å². The molecule has 6 heteroatoms. The molecule has 1 aliphatic rings. The molecule has 0 aliphatic carbocycles. The molecule has 1 N–H and O–H groups in total. The van der Waals surface area contributed by atoms with E-state index in [1.54, 1.807) is 6.07 Å². The summed E-state index contributed by atoms with van der Waals surface area (Å²) < 4.78 is 0.590. The first kappa shape index (κ1) is 14.8. The molecule has 0 radical (unpaired) electrons. The molecule has 1 aromatic rings. The van der Waals surface area contributed by atoms with Gasteiger partial charge in [-0.2, -0.15) is 11.8 Å². The Labute approximate surface area is 125 Å². The third-order valence-electron chi connectivity index (χ3n) is 3.34. The van der Waals surface area contributed by atoms with Gasteiger partial charge in [0.15, 0.2) is 0 Å². The SMILES string of the molecule is O=[N+]([O-])c1cccc(CNCC2CCSCC2)c1Br. The van der Waals surface area contributed by atoms with Crippen molar-refractivity contribution >= 4 is 33.4 Å². The van der Waals surface area contributed by atoms with E-state index in [2.05, 4.69) is 21.2 Å². The lowest BCUT2D eigenvalue weighted by Gasteiger charge is -2.21. The number of benzene rings is 1. The highest BCUT2D eigenvalue weighted by Gasteiger charge is 2.16. The van der Waals surface area contributed by atoms with E-state index in [-0.39, 0.29) is 10.6 Å². The first-order valence-electron chi connectivity index (χ1n) is 6.38. The molecule has 1 fully saturated rings. The van der Waals surface area contributed by atoms with Crippen LogP contribution in [0.2, 0.25) is 0 Å². The number of hydrogen-bond acceptors (Lipinski definition) is 4. The molecule has 19 heavy (non-hydrogen) atoms. The number of rotatable bonds is 5. The summed E-state index contributed by atoms with van der Waals surface area (Å²) in [6.07, 6.45) is 2.54. The Hall–Kier alpha value is -0.590. The van der Waals surface area contributed by atoms with E-state index in [1.807, 2.05) is 17.8 Å². The zero-order valence-electron chi connectivity index (χ0n) is 10.6. The van der Waals surface area contributed by atoms with Gasteiger partial charge in [0.25, 0.3) is 5.69 Å². The Morgan fingerprint density at radius 3 is 2.84 bits per heavy atom. The Morgan fingerprint density at radius 2 is 2.16 bits per heavy atom. The zero-order chi connectivity index (χ0) is 13.7. The molecule has 0 amide bonds. The molecule has 0 atom stereocenters. The summed E-state index contributed by atoms with van der Waals surface area (Å²) in [5.41, 5.74) is 1.08. The lowest BCUT2D eigenvalue weighted by molar-refractivity contribution is -0.385. The molecule has 1 heterocycles. The molecule has 104 valence electrons. The fraction of sp³-hybridized carbons (Fsp3) is 0.538. The van der Waals surface area contributed by atoms with Crippen LogP contribution in [0.25, 0.3) is 0 Å². The van der Waals surface area contributed by atoms with Crippen LogP contribution in [0.1, 0.15) is 18.4 Å². The second-order valence-electron chi connectivity index (χ2n) is 4.69. The Kier molecular flexibility index (Phi) is 5.66. The smallest absolute Gasteiger partial charge is 0.283 e. The standard InChI is InChI=1S/C13H17BrN2O2S/c14-13-11(2-1-3-12(13)16(17)18)9-15-8-10-4-6-19-7-5-10/h1-3,10,15H,4-9H2. The van der Waals surface area contributed by atoms with Gasteiger partial charge in [0.1, 0.15) is 0 Å². The van der Waals surface area contributed by atoms with Crippen molar-refractivity contribution in [1.29, 1.82) is 0 Å². The van der Waals surface area contributed by atoms with E-state index >= 15 is 0 Å². The van der Waals surface area contributed by atoms with Gasteiger partial charge in [-0.3, -0.25) is 10.1 Å². The van der Waals surface area contributed by atoms with Crippen LogP contribution in [0.5, 0.6) is 0 Å². The fourth-order valence-corrected chi connectivity index (χ4v) is 3.96. The van der Waals surface area contributed by atoms with E-state index < -0.39 is 0 Å². The number of nitro benzene ring substituents is 1. The average Bonchev–Trinajstić information content (AvgIpc) is 2.41. The normalized spacial score (nSPS) is 16.5. The van der Waals surface area contributed by atoms with Crippen molar-refractivity contribution in [2.75, 3.05) is 18.1 Å². The first-order valence-corrected chi connectivity index (χ1v) is 8.33. The minimum absolute atomic E-state index is 0.133. The number of nitro groups is 1. The highest BCUT2D eigenvalue weighted by atomic mass is 79.9. The Balaban J connectivity index is 1.88. The molecular weight excluding hydrogens is 328 g/mol. The number of thioether (sulfide) groups is 1. The Morgan fingerprint density at radius 1 is 1.42 bits per heavy atom. The van der Waals surface area contributed by atoms with Crippen LogP contribution in [0.15, 0.2) is 22.7 Å². The molecule has 0 saturated carbocycles.